The first-order valence-electron chi connectivity index (χ1n) is 5.60. The maximum atomic E-state index is 5.43. The molecule has 0 saturated carbocycles. The van der Waals surface area contributed by atoms with E-state index < -0.39 is 0 Å². The van der Waals surface area contributed by atoms with Gasteiger partial charge in [-0.05, 0) is 29.1 Å². The van der Waals surface area contributed by atoms with Gasteiger partial charge in [0.25, 0.3) is 0 Å². The molecule has 0 spiro atoms. The third-order valence-electron chi connectivity index (χ3n) is 2.90. The Balaban J connectivity index is 2.82. The van der Waals surface area contributed by atoms with Gasteiger partial charge < -0.3 is 14.2 Å². The average Bonchev–Trinajstić information content (AvgIpc) is 2.44. The molecule has 0 saturated heterocycles. The Morgan fingerprint density at radius 2 is 1.67 bits per heavy atom. The van der Waals surface area contributed by atoms with Crippen molar-refractivity contribution in [3.63, 3.8) is 0 Å². The van der Waals surface area contributed by atoms with Gasteiger partial charge in [0.15, 0.2) is 11.5 Å². The Labute approximate surface area is 107 Å². The van der Waals surface area contributed by atoms with Gasteiger partial charge >= 0.3 is 0 Å². The second-order valence-electron chi connectivity index (χ2n) is 3.83. The molecule has 0 heterocycles. The zero-order chi connectivity index (χ0) is 13.1. The topological polar surface area (TPSA) is 27.7 Å². The molecule has 0 aliphatic rings. The van der Waals surface area contributed by atoms with Gasteiger partial charge in [-0.2, -0.15) is 0 Å². The van der Waals surface area contributed by atoms with Gasteiger partial charge in [0.2, 0.25) is 5.75 Å². The van der Waals surface area contributed by atoms with Crippen molar-refractivity contribution in [1.29, 1.82) is 0 Å². The van der Waals surface area contributed by atoms with Crippen LogP contribution in [0.3, 0.4) is 0 Å². The zero-order valence-electron chi connectivity index (χ0n) is 10.8. The van der Waals surface area contributed by atoms with Crippen LogP contribution in [0.2, 0.25) is 0 Å². The number of hydrogen-bond acceptors (Lipinski definition) is 3. The number of ether oxygens (including phenoxy) is 3. The van der Waals surface area contributed by atoms with Crippen LogP contribution in [0.15, 0.2) is 30.8 Å². The van der Waals surface area contributed by atoms with Crippen molar-refractivity contribution in [2.45, 2.75) is 0 Å². The number of rotatable bonds is 4. The summed E-state index contributed by atoms with van der Waals surface area (Å²) in [6.07, 6.45) is 1.81. The van der Waals surface area contributed by atoms with Crippen molar-refractivity contribution < 1.29 is 14.2 Å². The van der Waals surface area contributed by atoms with E-state index in [1.807, 2.05) is 30.3 Å². The summed E-state index contributed by atoms with van der Waals surface area (Å²) in [5.74, 6) is 1.95. The van der Waals surface area contributed by atoms with Gasteiger partial charge in [0.05, 0.1) is 21.3 Å². The van der Waals surface area contributed by atoms with Crippen LogP contribution in [-0.4, -0.2) is 21.3 Å². The molecule has 0 radical (unpaired) electrons. The largest absolute Gasteiger partial charge is 0.493 e. The summed E-state index contributed by atoms with van der Waals surface area (Å²) in [7, 11) is 4.84. The van der Waals surface area contributed by atoms with E-state index in [1.54, 1.807) is 21.3 Å². The second kappa shape index (κ2) is 5.00. The van der Waals surface area contributed by atoms with Crippen LogP contribution in [0, 0.1) is 0 Å². The number of methoxy groups -OCH3 is 3. The van der Waals surface area contributed by atoms with Gasteiger partial charge in [-0.25, -0.2) is 0 Å². The highest BCUT2D eigenvalue weighted by Gasteiger charge is 2.15. The summed E-state index contributed by atoms with van der Waals surface area (Å²) in [4.78, 5) is 0. The fourth-order valence-corrected chi connectivity index (χ4v) is 2.02. The highest BCUT2D eigenvalue weighted by atomic mass is 16.5. The molecule has 94 valence electrons. The van der Waals surface area contributed by atoms with E-state index >= 15 is 0 Å². The molecule has 18 heavy (non-hydrogen) atoms. The molecule has 2 aromatic carbocycles. The Bertz CT molecular complexity index is 588. The molecule has 0 aliphatic heterocycles. The van der Waals surface area contributed by atoms with Crippen LogP contribution < -0.4 is 14.2 Å². The highest BCUT2D eigenvalue weighted by Crippen LogP contribution is 2.43. The first-order chi connectivity index (χ1) is 8.74. The Morgan fingerprint density at radius 3 is 2.22 bits per heavy atom. The molecule has 2 aromatic rings. The molecule has 0 amide bonds. The number of hydrogen-bond donors (Lipinski definition) is 0. The standard InChI is InChI=1S/C15H16O3/c1-5-10-6-7-12-11(8-10)9-13(16-2)15(18-4)14(12)17-3/h5-9H,1H2,2-4H3. The number of benzene rings is 2. The Hall–Kier alpha value is -2.16. The van der Waals surface area contributed by atoms with Gasteiger partial charge in [-0.1, -0.05) is 18.7 Å². The lowest BCUT2D eigenvalue weighted by atomic mass is 10.0. The predicted molar refractivity (Wildman–Crippen MR) is 73.7 cm³/mol. The molecular weight excluding hydrogens is 228 g/mol. The summed E-state index contributed by atoms with van der Waals surface area (Å²) in [5.41, 5.74) is 1.05. The number of fused-ring (bicyclic) bond motifs is 1. The molecule has 0 aromatic heterocycles. The van der Waals surface area contributed by atoms with Crippen molar-refractivity contribution in [2.75, 3.05) is 21.3 Å². The Morgan fingerprint density at radius 1 is 0.944 bits per heavy atom. The third kappa shape index (κ3) is 1.88. The molecule has 0 aliphatic carbocycles. The van der Waals surface area contributed by atoms with Gasteiger partial charge in [0, 0.05) is 5.39 Å². The van der Waals surface area contributed by atoms with Gasteiger partial charge in [0.1, 0.15) is 0 Å². The van der Waals surface area contributed by atoms with E-state index in [2.05, 4.69) is 6.58 Å². The molecular formula is C15H16O3. The van der Waals surface area contributed by atoms with Crippen LogP contribution in [0.25, 0.3) is 16.8 Å². The molecule has 0 fully saturated rings. The first kappa shape index (κ1) is 12.3. The van der Waals surface area contributed by atoms with E-state index in [9.17, 15) is 0 Å². The minimum atomic E-state index is 0.610. The maximum absolute atomic E-state index is 5.43. The average molecular weight is 244 g/mol. The second-order valence-corrected chi connectivity index (χ2v) is 3.83. The minimum Gasteiger partial charge on any atom is -0.493 e. The predicted octanol–water partition coefficient (Wildman–Crippen LogP) is 3.51. The lowest BCUT2D eigenvalue weighted by Crippen LogP contribution is -1.96. The van der Waals surface area contributed by atoms with Gasteiger partial charge in [-0.15, -0.1) is 0 Å². The fourth-order valence-electron chi connectivity index (χ4n) is 2.02. The van der Waals surface area contributed by atoms with Crippen molar-refractivity contribution in [2.24, 2.45) is 0 Å². The SMILES string of the molecule is C=Cc1ccc2c(OC)c(OC)c(OC)cc2c1. The van der Waals surface area contributed by atoms with Crippen LogP contribution in [-0.2, 0) is 0 Å². The quantitative estimate of drug-likeness (QED) is 0.823. The van der Waals surface area contributed by atoms with E-state index in [-0.39, 0.29) is 0 Å². The van der Waals surface area contributed by atoms with E-state index in [1.165, 1.54) is 0 Å². The first-order valence-corrected chi connectivity index (χ1v) is 5.60. The lowest BCUT2D eigenvalue weighted by Gasteiger charge is -2.15. The zero-order valence-corrected chi connectivity index (χ0v) is 10.8. The summed E-state index contributed by atoms with van der Waals surface area (Å²) >= 11 is 0. The molecule has 0 bridgehead atoms. The summed E-state index contributed by atoms with van der Waals surface area (Å²) in [6.45, 7) is 3.77. The monoisotopic (exact) mass is 244 g/mol. The third-order valence-corrected chi connectivity index (χ3v) is 2.90. The van der Waals surface area contributed by atoms with Crippen molar-refractivity contribution in [3.05, 3.63) is 36.4 Å². The van der Waals surface area contributed by atoms with Crippen LogP contribution in [0.5, 0.6) is 17.2 Å². The summed E-state index contributed by atoms with van der Waals surface area (Å²) in [5, 5.41) is 2.02. The van der Waals surface area contributed by atoms with E-state index in [0.29, 0.717) is 17.2 Å². The molecule has 3 nitrogen and oxygen atoms in total. The summed E-state index contributed by atoms with van der Waals surface area (Å²) in [6, 6.07) is 7.95. The lowest BCUT2D eigenvalue weighted by molar-refractivity contribution is 0.327. The molecule has 2 rings (SSSR count). The maximum Gasteiger partial charge on any atom is 0.203 e. The van der Waals surface area contributed by atoms with Crippen molar-refractivity contribution in [1.82, 2.24) is 0 Å². The molecule has 0 atom stereocenters. The minimum absolute atomic E-state index is 0.610. The highest BCUT2D eigenvalue weighted by molar-refractivity contribution is 5.94. The molecule has 3 heteroatoms. The van der Waals surface area contributed by atoms with Crippen molar-refractivity contribution in [3.8, 4) is 17.2 Å². The molecule has 0 unspecified atom stereocenters. The smallest absolute Gasteiger partial charge is 0.203 e. The molecule has 0 N–H and O–H groups in total. The fraction of sp³-hybridized carbons (Fsp3) is 0.200. The normalized spacial score (nSPS) is 10.2. The Kier molecular flexibility index (Phi) is 3.42. The van der Waals surface area contributed by atoms with Gasteiger partial charge in [-0.3, -0.25) is 0 Å². The van der Waals surface area contributed by atoms with Crippen LogP contribution in [0.1, 0.15) is 5.56 Å². The van der Waals surface area contributed by atoms with E-state index in [0.717, 1.165) is 16.3 Å². The summed E-state index contributed by atoms with van der Waals surface area (Å²) < 4.78 is 16.1. The van der Waals surface area contributed by atoms with E-state index in [4.69, 9.17) is 14.2 Å². The van der Waals surface area contributed by atoms with Crippen LogP contribution >= 0.6 is 0 Å². The van der Waals surface area contributed by atoms with Crippen LogP contribution in [0.4, 0.5) is 0 Å². The van der Waals surface area contributed by atoms with Crippen molar-refractivity contribution >= 4 is 16.8 Å².